The molecule has 3 heteroatoms. The molecule has 3 rings (SSSR count). The van der Waals surface area contributed by atoms with Crippen molar-refractivity contribution in [1.29, 1.82) is 0 Å². The smallest absolute Gasteiger partial charge is 0.113 e. The average Bonchev–Trinajstić information content (AvgIpc) is 3.19. The van der Waals surface area contributed by atoms with Crippen LogP contribution < -0.4 is 5.32 Å². The third-order valence-electron chi connectivity index (χ3n) is 3.96. The summed E-state index contributed by atoms with van der Waals surface area (Å²) in [6, 6.07) is 0.770. The van der Waals surface area contributed by atoms with E-state index in [9.17, 15) is 0 Å². The molecule has 0 amide bonds. The van der Waals surface area contributed by atoms with Crippen molar-refractivity contribution in [3.63, 3.8) is 0 Å². The molecule has 2 aliphatic rings. The molecule has 2 fully saturated rings. The third-order valence-corrected chi connectivity index (χ3v) is 5.10. The normalized spacial score (nSPS) is 23.6. The van der Waals surface area contributed by atoms with E-state index in [1.807, 2.05) is 11.3 Å². The standard InChI is InChI=1S/C14H22N2S/c1-3-8-14(11-4-5-11,16-12-6-7-12)13-15-10(2)9-17-13/h9,11-12,16H,3-8H2,1-2H3. The van der Waals surface area contributed by atoms with Crippen LogP contribution in [-0.4, -0.2) is 11.0 Å². The Morgan fingerprint density at radius 3 is 2.65 bits per heavy atom. The largest absolute Gasteiger partial charge is 0.302 e. The summed E-state index contributed by atoms with van der Waals surface area (Å²) in [6.45, 7) is 4.41. The van der Waals surface area contributed by atoms with Gasteiger partial charge in [0.2, 0.25) is 0 Å². The molecule has 0 aliphatic heterocycles. The quantitative estimate of drug-likeness (QED) is 0.834. The van der Waals surface area contributed by atoms with Gasteiger partial charge in [-0.3, -0.25) is 0 Å². The Morgan fingerprint density at radius 2 is 2.18 bits per heavy atom. The molecule has 1 aromatic heterocycles. The zero-order valence-corrected chi connectivity index (χ0v) is 11.6. The first-order valence-electron chi connectivity index (χ1n) is 6.95. The maximum Gasteiger partial charge on any atom is 0.113 e. The Labute approximate surface area is 108 Å². The van der Waals surface area contributed by atoms with E-state index in [0.717, 1.165) is 12.0 Å². The lowest BCUT2D eigenvalue weighted by atomic mass is 9.88. The van der Waals surface area contributed by atoms with Crippen LogP contribution in [0.25, 0.3) is 0 Å². The van der Waals surface area contributed by atoms with Crippen LogP contribution in [-0.2, 0) is 5.54 Å². The van der Waals surface area contributed by atoms with Crippen LogP contribution >= 0.6 is 11.3 Å². The molecule has 1 unspecified atom stereocenters. The maximum absolute atomic E-state index is 4.80. The monoisotopic (exact) mass is 250 g/mol. The zero-order chi connectivity index (χ0) is 11.9. The van der Waals surface area contributed by atoms with Gasteiger partial charge in [-0.2, -0.15) is 0 Å². The number of thiazole rings is 1. The number of nitrogens with one attached hydrogen (secondary N) is 1. The summed E-state index contributed by atoms with van der Waals surface area (Å²) in [5.74, 6) is 0.841. The second-order valence-corrected chi connectivity index (χ2v) is 6.57. The summed E-state index contributed by atoms with van der Waals surface area (Å²) in [4.78, 5) is 4.80. The van der Waals surface area contributed by atoms with E-state index >= 15 is 0 Å². The molecular formula is C14H22N2S. The molecule has 1 aromatic rings. The van der Waals surface area contributed by atoms with Crippen molar-refractivity contribution in [3.8, 4) is 0 Å². The van der Waals surface area contributed by atoms with Crippen molar-refractivity contribution < 1.29 is 0 Å². The number of aryl methyl sites for hydroxylation is 1. The Balaban J connectivity index is 1.91. The van der Waals surface area contributed by atoms with Crippen LogP contribution in [0.1, 0.15) is 56.2 Å². The number of aromatic nitrogens is 1. The first-order valence-corrected chi connectivity index (χ1v) is 7.83. The summed E-state index contributed by atoms with van der Waals surface area (Å²) in [6.07, 6.45) is 8.00. The average molecular weight is 250 g/mol. The minimum Gasteiger partial charge on any atom is -0.302 e. The van der Waals surface area contributed by atoms with Gasteiger partial charge in [-0.05, 0) is 44.9 Å². The number of hydrogen-bond donors (Lipinski definition) is 1. The van der Waals surface area contributed by atoms with Gasteiger partial charge >= 0.3 is 0 Å². The van der Waals surface area contributed by atoms with E-state index in [4.69, 9.17) is 4.98 Å². The molecule has 0 aromatic carbocycles. The van der Waals surface area contributed by atoms with Gasteiger partial charge in [-0.25, -0.2) is 4.98 Å². The highest BCUT2D eigenvalue weighted by atomic mass is 32.1. The van der Waals surface area contributed by atoms with E-state index in [2.05, 4.69) is 24.5 Å². The van der Waals surface area contributed by atoms with E-state index < -0.39 is 0 Å². The number of nitrogens with zero attached hydrogens (tertiary/aromatic N) is 1. The first-order chi connectivity index (χ1) is 8.24. The molecule has 0 bridgehead atoms. The fourth-order valence-electron chi connectivity index (χ4n) is 2.86. The minimum atomic E-state index is 0.217. The number of hydrogen-bond acceptors (Lipinski definition) is 3. The van der Waals surface area contributed by atoms with Gasteiger partial charge < -0.3 is 5.32 Å². The van der Waals surface area contributed by atoms with E-state index in [1.54, 1.807) is 0 Å². The van der Waals surface area contributed by atoms with Crippen molar-refractivity contribution in [3.05, 3.63) is 16.1 Å². The Bertz CT molecular complexity index is 393. The van der Waals surface area contributed by atoms with Crippen molar-refractivity contribution in [2.45, 2.75) is 64.0 Å². The molecule has 17 heavy (non-hydrogen) atoms. The fourth-order valence-corrected chi connectivity index (χ4v) is 3.93. The fraction of sp³-hybridized carbons (Fsp3) is 0.786. The molecular weight excluding hydrogens is 228 g/mol. The van der Waals surface area contributed by atoms with Crippen molar-refractivity contribution >= 4 is 11.3 Å². The molecule has 1 heterocycles. The number of rotatable bonds is 6. The summed E-state index contributed by atoms with van der Waals surface area (Å²) < 4.78 is 0. The van der Waals surface area contributed by atoms with Gasteiger partial charge in [0.1, 0.15) is 5.01 Å². The Morgan fingerprint density at radius 1 is 1.41 bits per heavy atom. The predicted molar refractivity (Wildman–Crippen MR) is 72.3 cm³/mol. The van der Waals surface area contributed by atoms with Crippen molar-refractivity contribution in [1.82, 2.24) is 10.3 Å². The van der Waals surface area contributed by atoms with Gasteiger partial charge in [-0.1, -0.05) is 13.3 Å². The van der Waals surface area contributed by atoms with Gasteiger partial charge in [0.05, 0.1) is 5.54 Å². The highest BCUT2D eigenvalue weighted by Gasteiger charge is 2.49. The summed E-state index contributed by atoms with van der Waals surface area (Å²) in [7, 11) is 0. The summed E-state index contributed by atoms with van der Waals surface area (Å²) >= 11 is 1.86. The van der Waals surface area contributed by atoms with Crippen molar-refractivity contribution in [2.24, 2.45) is 5.92 Å². The Kier molecular flexibility index (Phi) is 2.99. The molecule has 2 aliphatic carbocycles. The van der Waals surface area contributed by atoms with Crippen LogP contribution in [0.4, 0.5) is 0 Å². The molecule has 0 saturated heterocycles. The second kappa shape index (κ2) is 4.36. The van der Waals surface area contributed by atoms with Gasteiger partial charge in [-0.15, -0.1) is 11.3 Å². The lowest BCUT2D eigenvalue weighted by Crippen LogP contribution is -2.45. The lowest BCUT2D eigenvalue weighted by molar-refractivity contribution is 0.258. The highest BCUT2D eigenvalue weighted by Crippen LogP contribution is 2.50. The van der Waals surface area contributed by atoms with Crippen LogP contribution in [0, 0.1) is 12.8 Å². The molecule has 2 nitrogen and oxygen atoms in total. The topological polar surface area (TPSA) is 24.9 Å². The predicted octanol–water partition coefficient (Wildman–Crippen LogP) is 3.61. The van der Waals surface area contributed by atoms with Gasteiger partial charge in [0.15, 0.2) is 0 Å². The van der Waals surface area contributed by atoms with Crippen molar-refractivity contribution in [2.75, 3.05) is 0 Å². The first kappa shape index (κ1) is 11.7. The molecule has 0 spiro atoms. The van der Waals surface area contributed by atoms with Gasteiger partial charge in [0.25, 0.3) is 0 Å². The lowest BCUT2D eigenvalue weighted by Gasteiger charge is -2.33. The SMILES string of the molecule is CCCC(NC1CC1)(c1nc(C)cs1)C1CC1. The van der Waals surface area contributed by atoms with Crippen LogP contribution in [0.2, 0.25) is 0 Å². The zero-order valence-electron chi connectivity index (χ0n) is 10.8. The molecule has 1 N–H and O–H groups in total. The van der Waals surface area contributed by atoms with E-state index in [-0.39, 0.29) is 5.54 Å². The van der Waals surface area contributed by atoms with E-state index in [1.165, 1.54) is 49.2 Å². The molecule has 94 valence electrons. The van der Waals surface area contributed by atoms with E-state index in [0.29, 0.717) is 0 Å². The minimum absolute atomic E-state index is 0.217. The second-order valence-electron chi connectivity index (χ2n) is 5.71. The summed E-state index contributed by atoms with van der Waals surface area (Å²) in [5.41, 5.74) is 1.40. The van der Waals surface area contributed by atoms with Gasteiger partial charge in [0, 0.05) is 17.1 Å². The maximum atomic E-state index is 4.80. The van der Waals surface area contributed by atoms with Crippen LogP contribution in [0.5, 0.6) is 0 Å². The summed E-state index contributed by atoms with van der Waals surface area (Å²) in [5, 5.41) is 7.50. The third kappa shape index (κ3) is 2.27. The molecule has 2 saturated carbocycles. The van der Waals surface area contributed by atoms with Crippen LogP contribution in [0.15, 0.2) is 5.38 Å². The molecule has 0 radical (unpaired) electrons. The van der Waals surface area contributed by atoms with Crippen LogP contribution in [0.3, 0.4) is 0 Å². The molecule has 1 atom stereocenters. The highest BCUT2D eigenvalue weighted by molar-refractivity contribution is 7.09. The Hall–Kier alpha value is -0.410.